The fourth-order valence-corrected chi connectivity index (χ4v) is 5.20. The van der Waals surface area contributed by atoms with Crippen molar-refractivity contribution in [3.05, 3.63) is 52.0 Å². The molecular weight excluding hydrogens is 458 g/mol. The predicted octanol–water partition coefficient (Wildman–Crippen LogP) is 4.61. The minimum absolute atomic E-state index is 0.0268. The van der Waals surface area contributed by atoms with Crippen LogP contribution in [0.15, 0.2) is 45.9 Å². The first-order valence-electron chi connectivity index (χ1n) is 10.9. The molecule has 0 radical (unpaired) electrons. The quantitative estimate of drug-likeness (QED) is 0.664. The molecule has 5 rings (SSSR count). The summed E-state index contributed by atoms with van der Waals surface area (Å²) in [4.78, 5) is 7.78. The zero-order valence-electron chi connectivity index (χ0n) is 17.9. The maximum Gasteiger partial charge on any atom is 0.231 e. The van der Waals surface area contributed by atoms with E-state index in [4.69, 9.17) is 14.5 Å². The minimum atomic E-state index is -0.339. The summed E-state index contributed by atoms with van der Waals surface area (Å²) in [5.41, 5.74) is 2.65. The Morgan fingerprint density at radius 3 is 2.68 bits per heavy atom. The number of aromatic hydroxyl groups is 1. The van der Waals surface area contributed by atoms with E-state index >= 15 is 0 Å². The number of phenolic OH excluding ortho intramolecular Hbond substituents is 1. The van der Waals surface area contributed by atoms with Crippen molar-refractivity contribution in [2.75, 3.05) is 19.9 Å². The third-order valence-electron chi connectivity index (χ3n) is 6.62. The molecule has 2 N–H and O–H groups in total. The summed E-state index contributed by atoms with van der Waals surface area (Å²) in [5.74, 6) is 1.85. The van der Waals surface area contributed by atoms with Crippen LogP contribution in [0, 0.1) is 0 Å². The minimum Gasteiger partial charge on any atom is -0.508 e. The number of phenols is 1. The smallest absolute Gasteiger partial charge is 0.231 e. The second-order valence-corrected chi connectivity index (χ2v) is 9.81. The summed E-state index contributed by atoms with van der Waals surface area (Å²) >= 11 is 3.56. The first-order chi connectivity index (χ1) is 14.9. The van der Waals surface area contributed by atoms with Crippen LogP contribution in [-0.2, 0) is 0 Å². The van der Waals surface area contributed by atoms with Gasteiger partial charge in [-0.15, -0.1) is 0 Å². The highest BCUT2D eigenvalue weighted by Gasteiger charge is 2.41. The molecule has 2 aromatic rings. The van der Waals surface area contributed by atoms with Crippen molar-refractivity contribution in [3.63, 3.8) is 0 Å². The number of aliphatic imine (C=N–C) groups is 1. The van der Waals surface area contributed by atoms with Gasteiger partial charge in [-0.25, -0.2) is 0 Å². The van der Waals surface area contributed by atoms with Crippen LogP contribution in [0.1, 0.15) is 50.3 Å². The van der Waals surface area contributed by atoms with E-state index < -0.39 is 0 Å². The molecule has 7 heteroatoms. The third kappa shape index (κ3) is 4.06. The van der Waals surface area contributed by atoms with Crippen molar-refractivity contribution in [2.24, 2.45) is 4.99 Å². The van der Waals surface area contributed by atoms with Gasteiger partial charge in [0.15, 0.2) is 11.5 Å². The predicted molar refractivity (Wildman–Crippen MR) is 124 cm³/mol. The maximum absolute atomic E-state index is 10.6. The van der Waals surface area contributed by atoms with Crippen LogP contribution < -0.4 is 14.8 Å². The molecule has 3 heterocycles. The molecule has 0 unspecified atom stereocenters. The third-order valence-corrected chi connectivity index (χ3v) is 7.11. The van der Waals surface area contributed by atoms with Gasteiger partial charge in [0.2, 0.25) is 6.79 Å². The molecule has 6 nitrogen and oxygen atoms in total. The van der Waals surface area contributed by atoms with Crippen LogP contribution in [0.3, 0.4) is 0 Å². The van der Waals surface area contributed by atoms with E-state index in [1.165, 1.54) is 0 Å². The normalized spacial score (nSPS) is 22.7. The number of likely N-dealkylation sites (tertiary alicyclic amines) is 1. The molecule has 2 aromatic carbocycles. The van der Waals surface area contributed by atoms with Crippen molar-refractivity contribution in [1.82, 2.24) is 10.2 Å². The standard InChI is InChI=1S/C24H28BrN3O3/c1-15(2)28-9-7-24(8-10-28)26-19(16-3-6-22-23(11-16)31-14-30-22)13-20(27-24)18-12-17(25)4-5-21(18)29/h3-6,11-12,15,20,27,29H,7-10,13-14H2,1-2H3/t20-/m1/s1. The lowest BCUT2D eigenvalue weighted by molar-refractivity contribution is 0.103. The van der Waals surface area contributed by atoms with Gasteiger partial charge in [0.05, 0.1) is 0 Å². The van der Waals surface area contributed by atoms with Crippen molar-refractivity contribution < 1.29 is 14.6 Å². The van der Waals surface area contributed by atoms with Crippen LogP contribution in [0.5, 0.6) is 17.2 Å². The number of halogens is 1. The molecule has 1 fully saturated rings. The summed E-state index contributed by atoms with van der Waals surface area (Å²) in [7, 11) is 0. The Hall–Kier alpha value is -2.09. The van der Waals surface area contributed by atoms with Gasteiger partial charge in [0.25, 0.3) is 0 Å². The van der Waals surface area contributed by atoms with Crippen LogP contribution in [0.2, 0.25) is 0 Å². The second-order valence-electron chi connectivity index (χ2n) is 8.89. The zero-order chi connectivity index (χ0) is 21.6. The summed E-state index contributed by atoms with van der Waals surface area (Å²) in [6.45, 7) is 6.75. The molecule has 0 bridgehead atoms. The van der Waals surface area contributed by atoms with Gasteiger partial charge in [-0.05, 0) is 68.7 Å². The van der Waals surface area contributed by atoms with Gasteiger partial charge in [-0.3, -0.25) is 10.3 Å². The highest BCUT2D eigenvalue weighted by molar-refractivity contribution is 9.10. The molecule has 0 saturated carbocycles. The molecule has 1 saturated heterocycles. The molecular formula is C24H28BrN3O3. The fourth-order valence-electron chi connectivity index (χ4n) is 4.82. The molecule has 164 valence electrons. The van der Waals surface area contributed by atoms with Crippen LogP contribution in [0.25, 0.3) is 0 Å². The first-order valence-corrected chi connectivity index (χ1v) is 11.7. The van der Waals surface area contributed by atoms with Gasteiger partial charge >= 0.3 is 0 Å². The van der Waals surface area contributed by atoms with Gasteiger partial charge in [-0.2, -0.15) is 0 Å². The number of hydrogen-bond acceptors (Lipinski definition) is 6. The van der Waals surface area contributed by atoms with E-state index in [0.717, 1.165) is 58.7 Å². The topological polar surface area (TPSA) is 66.3 Å². The largest absolute Gasteiger partial charge is 0.508 e. The van der Waals surface area contributed by atoms with Crippen LogP contribution >= 0.6 is 15.9 Å². The Morgan fingerprint density at radius 1 is 1.13 bits per heavy atom. The summed E-state index contributed by atoms with van der Waals surface area (Å²) in [6, 6.07) is 12.2. The molecule has 1 spiro atoms. The average Bonchev–Trinajstić information content (AvgIpc) is 3.23. The van der Waals surface area contributed by atoms with E-state index in [1.807, 2.05) is 24.3 Å². The van der Waals surface area contributed by atoms with E-state index in [-0.39, 0.29) is 18.5 Å². The van der Waals surface area contributed by atoms with E-state index in [2.05, 4.69) is 46.1 Å². The molecule has 31 heavy (non-hydrogen) atoms. The SMILES string of the molecule is CC(C)N1CCC2(CC1)N=C(c1ccc3c(c1)OCO3)C[C@H](c1cc(Br)ccc1O)N2. The fraction of sp³-hybridized carbons (Fsp3) is 0.458. The Labute approximate surface area is 191 Å². The molecule has 0 aliphatic carbocycles. The Morgan fingerprint density at radius 2 is 1.90 bits per heavy atom. The maximum atomic E-state index is 10.6. The van der Waals surface area contributed by atoms with Gasteiger partial charge in [-0.1, -0.05) is 15.9 Å². The van der Waals surface area contributed by atoms with E-state index in [0.29, 0.717) is 18.2 Å². The second kappa shape index (κ2) is 8.11. The lowest BCUT2D eigenvalue weighted by Gasteiger charge is -2.46. The number of nitrogens with one attached hydrogen (secondary N) is 1. The number of rotatable bonds is 3. The van der Waals surface area contributed by atoms with E-state index in [1.54, 1.807) is 6.07 Å². The molecule has 0 aromatic heterocycles. The van der Waals surface area contributed by atoms with Crippen LogP contribution in [0.4, 0.5) is 0 Å². The Balaban J connectivity index is 1.52. The number of ether oxygens (including phenoxy) is 2. The number of hydrogen-bond donors (Lipinski definition) is 2. The van der Waals surface area contributed by atoms with Gasteiger partial charge < -0.3 is 19.5 Å². The molecule has 3 aliphatic rings. The van der Waals surface area contributed by atoms with Gasteiger partial charge in [0.1, 0.15) is 11.4 Å². The van der Waals surface area contributed by atoms with Crippen molar-refractivity contribution in [2.45, 2.75) is 50.9 Å². The molecule has 0 amide bonds. The number of benzene rings is 2. The average molecular weight is 486 g/mol. The summed E-state index contributed by atoms with van der Waals surface area (Å²) in [5, 5.41) is 14.4. The summed E-state index contributed by atoms with van der Waals surface area (Å²) in [6.07, 6.45) is 2.56. The van der Waals surface area contributed by atoms with Crippen molar-refractivity contribution >= 4 is 21.6 Å². The van der Waals surface area contributed by atoms with Crippen LogP contribution in [-0.4, -0.2) is 47.3 Å². The highest BCUT2D eigenvalue weighted by Crippen LogP contribution is 2.40. The summed E-state index contributed by atoms with van der Waals surface area (Å²) < 4.78 is 12.1. The number of fused-ring (bicyclic) bond motifs is 1. The van der Waals surface area contributed by atoms with Gasteiger partial charge in [0, 0.05) is 47.3 Å². The molecule has 3 aliphatic heterocycles. The zero-order valence-corrected chi connectivity index (χ0v) is 19.5. The highest BCUT2D eigenvalue weighted by atomic mass is 79.9. The van der Waals surface area contributed by atoms with Crippen molar-refractivity contribution in [3.8, 4) is 17.2 Å². The number of piperidine rings is 1. The first kappa shape index (κ1) is 20.8. The molecule has 1 atom stereocenters. The van der Waals surface area contributed by atoms with Crippen molar-refractivity contribution in [1.29, 1.82) is 0 Å². The van der Waals surface area contributed by atoms with E-state index in [9.17, 15) is 5.11 Å². The monoisotopic (exact) mass is 485 g/mol. The Bertz CT molecular complexity index is 1020. The number of nitrogens with zero attached hydrogens (tertiary/aromatic N) is 2. The Kier molecular flexibility index (Phi) is 5.44. The lowest BCUT2D eigenvalue weighted by Crippen LogP contribution is -2.56. The lowest BCUT2D eigenvalue weighted by atomic mass is 9.87.